The number of benzene rings is 2. The molecule has 1 heterocycles. The van der Waals surface area contributed by atoms with Crippen molar-refractivity contribution in [1.82, 2.24) is 0 Å². The number of anilines is 1. The number of carbonyl (C=O) groups is 1. The van der Waals surface area contributed by atoms with E-state index in [9.17, 15) is 13.2 Å². The van der Waals surface area contributed by atoms with E-state index < -0.39 is 16.0 Å². The molecule has 2 aromatic rings. The van der Waals surface area contributed by atoms with Crippen molar-refractivity contribution >= 4 is 21.7 Å². The molecule has 0 saturated carbocycles. The topological polar surface area (TPSA) is 98.9 Å². The summed E-state index contributed by atoms with van der Waals surface area (Å²) in [6.45, 7) is 3.41. The molecule has 144 valence electrons. The Morgan fingerprint density at radius 1 is 1.11 bits per heavy atom. The summed E-state index contributed by atoms with van der Waals surface area (Å²) in [5, 5.41) is 5.44. The Kier molecular flexibility index (Phi) is 5.38. The quantitative estimate of drug-likeness (QED) is 0.788. The zero-order chi connectivity index (χ0) is 19.6. The molecule has 0 bridgehead atoms. The van der Waals surface area contributed by atoms with Gasteiger partial charge in [0, 0.05) is 13.1 Å². The molecule has 3 rings (SSSR count). The minimum atomic E-state index is -4.14. The maximum Gasteiger partial charge on any atom is 0.337 e. The molecule has 2 N–H and O–H groups in total. The summed E-state index contributed by atoms with van der Waals surface area (Å²) >= 11 is 0. The van der Waals surface area contributed by atoms with Crippen LogP contribution in [0.4, 0.5) is 5.69 Å². The fourth-order valence-corrected chi connectivity index (χ4v) is 3.75. The molecule has 0 amide bonds. The van der Waals surface area contributed by atoms with Crippen LogP contribution in [0.2, 0.25) is 0 Å². The standard InChI is InChI=1S/C19H22N2O5S/c1-13-5-7-15(8-6-13)26-18-16(21-9-3-4-10-21)11-14(19(22)25-2)12-17(18)27(20,23)24/h5-8,11-12H,3-4,9-10H2,1-2H3,(H2,20,23,24). The van der Waals surface area contributed by atoms with Crippen molar-refractivity contribution in [1.29, 1.82) is 0 Å². The molecular formula is C19H22N2O5S. The molecule has 1 saturated heterocycles. The Bertz CT molecular complexity index is 949. The van der Waals surface area contributed by atoms with Gasteiger partial charge in [-0.3, -0.25) is 0 Å². The van der Waals surface area contributed by atoms with Gasteiger partial charge in [-0.25, -0.2) is 18.4 Å². The van der Waals surface area contributed by atoms with E-state index in [1.807, 2.05) is 24.0 Å². The summed E-state index contributed by atoms with van der Waals surface area (Å²) in [7, 11) is -2.90. The van der Waals surface area contributed by atoms with Crippen molar-refractivity contribution in [2.75, 3.05) is 25.1 Å². The van der Waals surface area contributed by atoms with E-state index in [-0.39, 0.29) is 16.2 Å². The third-order valence-electron chi connectivity index (χ3n) is 4.45. The third-order valence-corrected chi connectivity index (χ3v) is 5.37. The van der Waals surface area contributed by atoms with Crippen molar-refractivity contribution in [2.24, 2.45) is 5.14 Å². The molecule has 0 unspecified atom stereocenters. The molecule has 27 heavy (non-hydrogen) atoms. The molecular weight excluding hydrogens is 368 g/mol. The highest BCUT2D eigenvalue weighted by Gasteiger charge is 2.27. The van der Waals surface area contributed by atoms with Crippen LogP contribution in [-0.2, 0) is 14.8 Å². The van der Waals surface area contributed by atoms with Gasteiger partial charge in [-0.2, -0.15) is 0 Å². The summed E-state index contributed by atoms with van der Waals surface area (Å²) in [5.41, 5.74) is 1.68. The van der Waals surface area contributed by atoms with E-state index >= 15 is 0 Å². The number of sulfonamides is 1. The maximum atomic E-state index is 12.3. The predicted molar refractivity (Wildman–Crippen MR) is 102 cm³/mol. The predicted octanol–water partition coefficient (Wildman–Crippen LogP) is 2.82. The van der Waals surface area contributed by atoms with Gasteiger partial charge in [0.25, 0.3) is 0 Å². The number of ether oxygens (including phenoxy) is 2. The van der Waals surface area contributed by atoms with Crippen LogP contribution >= 0.6 is 0 Å². The molecule has 0 aromatic heterocycles. The van der Waals surface area contributed by atoms with Gasteiger partial charge < -0.3 is 14.4 Å². The van der Waals surface area contributed by atoms with E-state index in [0.717, 1.165) is 31.5 Å². The number of nitrogens with two attached hydrogens (primary N) is 1. The number of hydrogen-bond acceptors (Lipinski definition) is 6. The first kappa shape index (κ1) is 19.2. The van der Waals surface area contributed by atoms with Gasteiger partial charge >= 0.3 is 5.97 Å². The number of esters is 1. The second-order valence-electron chi connectivity index (χ2n) is 6.47. The van der Waals surface area contributed by atoms with Crippen molar-refractivity contribution in [3.63, 3.8) is 0 Å². The molecule has 7 nitrogen and oxygen atoms in total. The van der Waals surface area contributed by atoms with Gasteiger partial charge in [0.1, 0.15) is 10.6 Å². The van der Waals surface area contributed by atoms with Gasteiger partial charge in [0.2, 0.25) is 10.0 Å². The van der Waals surface area contributed by atoms with Crippen LogP contribution in [0.3, 0.4) is 0 Å². The number of carbonyl (C=O) groups excluding carboxylic acids is 1. The van der Waals surface area contributed by atoms with Crippen LogP contribution in [0.1, 0.15) is 28.8 Å². The van der Waals surface area contributed by atoms with Crippen LogP contribution < -0.4 is 14.8 Å². The Labute approximate surface area is 158 Å². The van der Waals surface area contributed by atoms with Crippen molar-refractivity contribution in [2.45, 2.75) is 24.7 Å². The first-order valence-corrected chi connectivity index (χ1v) is 10.1. The SMILES string of the molecule is COC(=O)c1cc(N2CCCC2)c(Oc2ccc(C)cc2)c(S(N)(=O)=O)c1. The lowest BCUT2D eigenvalue weighted by atomic mass is 10.1. The summed E-state index contributed by atoms with van der Waals surface area (Å²) < 4.78 is 35.2. The highest BCUT2D eigenvalue weighted by Crippen LogP contribution is 2.40. The zero-order valence-electron chi connectivity index (χ0n) is 15.3. The smallest absolute Gasteiger partial charge is 0.337 e. The number of rotatable bonds is 5. The van der Waals surface area contributed by atoms with Crippen LogP contribution in [-0.4, -0.2) is 34.6 Å². The molecule has 8 heteroatoms. The molecule has 0 aliphatic carbocycles. The summed E-state index contributed by atoms with van der Waals surface area (Å²) in [4.78, 5) is 13.8. The van der Waals surface area contributed by atoms with E-state index in [2.05, 4.69) is 0 Å². The lowest BCUT2D eigenvalue weighted by molar-refractivity contribution is 0.0600. The lowest BCUT2D eigenvalue weighted by Crippen LogP contribution is -2.22. The second-order valence-corrected chi connectivity index (χ2v) is 8.00. The van der Waals surface area contributed by atoms with Crippen molar-refractivity contribution in [3.05, 3.63) is 47.5 Å². The van der Waals surface area contributed by atoms with Crippen LogP contribution in [0.5, 0.6) is 11.5 Å². The Balaban J connectivity index is 2.20. The maximum absolute atomic E-state index is 12.3. The molecule has 0 atom stereocenters. The largest absolute Gasteiger partial charge is 0.465 e. The van der Waals surface area contributed by atoms with Crippen molar-refractivity contribution < 1.29 is 22.7 Å². The number of nitrogens with zero attached hydrogens (tertiary/aromatic N) is 1. The molecule has 1 fully saturated rings. The molecule has 0 spiro atoms. The van der Waals surface area contributed by atoms with Gasteiger partial charge in [-0.15, -0.1) is 0 Å². The minimum absolute atomic E-state index is 0.111. The Hall–Kier alpha value is -2.58. The Morgan fingerprint density at radius 2 is 1.74 bits per heavy atom. The molecule has 2 aromatic carbocycles. The fourth-order valence-electron chi connectivity index (χ4n) is 3.05. The molecule has 0 radical (unpaired) electrons. The highest BCUT2D eigenvalue weighted by atomic mass is 32.2. The van der Waals surface area contributed by atoms with E-state index in [1.165, 1.54) is 13.2 Å². The Morgan fingerprint density at radius 3 is 2.30 bits per heavy atom. The fraction of sp³-hybridized carbons (Fsp3) is 0.316. The van der Waals surface area contributed by atoms with Gasteiger partial charge in [0.15, 0.2) is 5.75 Å². The first-order valence-electron chi connectivity index (χ1n) is 8.58. The monoisotopic (exact) mass is 390 g/mol. The molecule has 1 aliphatic heterocycles. The molecule has 1 aliphatic rings. The first-order chi connectivity index (χ1) is 12.8. The summed E-state index contributed by atoms with van der Waals surface area (Å²) in [5.74, 6) is -0.0325. The normalized spacial score (nSPS) is 14.3. The second kappa shape index (κ2) is 7.58. The number of hydrogen-bond donors (Lipinski definition) is 1. The van der Waals surface area contributed by atoms with Gasteiger partial charge in [-0.1, -0.05) is 17.7 Å². The average Bonchev–Trinajstić information content (AvgIpc) is 3.16. The van der Waals surface area contributed by atoms with Gasteiger partial charge in [0.05, 0.1) is 18.4 Å². The zero-order valence-corrected chi connectivity index (χ0v) is 16.1. The van der Waals surface area contributed by atoms with E-state index in [1.54, 1.807) is 18.2 Å². The van der Waals surface area contributed by atoms with Crippen molar-refractivity contribution in [3.8, 4) is 11.5 Å². The summed E-state index contributed by atoms with van der Waals surface area (Å²) in [6, 6.07) is 10.0. The van der Waals surface area contributed by atoms with E-state index in [4.69, 9.17) is 14.6 Å². The van der Waals surface area contributed by atoms with Crippen LogP contribution in [0.15, 0.2) is 41.3 Å². The average molecular weight is 390 g/mol. The van der Waals surface area contributed by atoms with Crippen LogP contribution in [0, 0.1) is 6.92 Å². The number of aryl methyl sites for hydroxylation is 1. The number of primary sulfonamides is 1. The van der Waals surface area contributed by atoms with E-state index in [0.29, 0.717) is 11.4 Å². The van der Waals surface area contributed by atoms with Crippen LogP contribution in [0.25, 0.3) is 0 Å². The highest BCUT2D eigenvalue weighted by molar-refractivity contribution is 7.89. The van der Waals surface area contributed by atoms with Gasteiger partial charge in [-0.05, 0) is 44.0 Å². The summed E-state index contributed by atoms with van der Waals surface area (Å²) in [6.07, 6.45) is 1.94. The third kappa shape index (κ3) is 4.23. The minimum Gasteiger partial charge on any atom is -0.465 e. The number of methoxy groups -OCH3 is 1. The lowest BCUT2D eigenvalue weighted by Gasteiger charge is -2.23.